The first-order valence-corrected chi connectivity index (χ1v) is 8.93. The standard InChI is InChI=1S/C17H15Cl2N3O3S/c1-3-12(9-4-5-10(18)11(19)8-9)22-15(16(23)24-2)14(21-17(22)26)13-6-7-20-25-13/h4-8,12H,3H2,1-2H3,(H,21,26)/t12-/m0/s1. The van der Waals surface area contributed by atoms with Gasteiger partial charge in [0.15, 0.2) is 16.2 Å². The zero-order valence-corrected chi connectivity index (χ0v) is 16.3. The Morgan fingerprint density at radius 3 is 2.73 bits per heavy atom. The van der Waals surface area contributed by atoms with Crippen LogP contribution in [0.5, 0.6) is 0 Å². The Morgan fingerprint density at radius 1 is 1.38 bits per heavy atom. The minimum atomic E-state index is -0.540. The number of halogens is 2. The van der Waals surface area contributed by atoms with Crippen molar-refractivity contribution in [2.45, 2.75) is 19.4 Å². The first-order valence-electron chi connectivity index (χ1n) is 7.76. The number of hydrogen-bond acceptors (Lipinski definition) is 5. The lowest BCUT2D eigenvalue weighted by Crippen LogP contribution is -2.18. The van der Waals surface area contributed by atoms with Crippen LogP contribution in [0.25, 0.3) is 11.5 Å². The summed E-state index contributed by atoms with van der Waals surface area (Å²) in [4.78, 5) is 15.5. The summed E-state index contributed by atoms with van der Waals surface area (Å²) in [5.41, 5.74) is 1.54. The largest absolute Gasteiger partial charge is 0.464 e. The van der Waals surface area contributed by atoms with Gasteiger partial charge < -0.3 is 18.8 Å². The van der Waals surface area contributed by atoms with E-state index in [4.69, 9.17) is 44.7 Å². The molecule has 0 aliphatic rings. The van der Waals surface area contributed by atoms with Gasteiger partial charge in [0.25, 0.3) is 0 Å². The average molecular weight is 412 g/mol. The summed E-state index contributed by atoms with van der Waals surface area (Å²) in [7, 11) is 1.31. The lowest BCUT2D eigenvalue weighted by Gasteiger charge is -2.20. The van der Waals surface area contributed by atoms with Crippen LogP contribution in [0, 0.1) is 4.77 Å². The molecule has 2 heterocycles. The second kappa shape index (κ2) is 7.65. The summed E-state index contributed by atoms with van der Waals surface area (Å²) in [5, 5.41) is 4.57. The Labute approximate surface area is 164 Å². The van der Waals surface area contributed by atoms with Crippen molar-refractivity contribution < 1.29 is 14.1 Å². The summed E-state index contributed by atoms with van der Waals surface area (Å²) < 4.78 is 12.2. The number of rotatable bonds is 5. The van der Waals surface area contributed by atoms with Gasteiger partial charge in [-0.25, -0.2) is 4.79 Å². The molecule has 1 aromatic carbocycles. The predicted molar refractivity (Wildman–Crippen MR) is 101 cm³/mol. The van der Waals surface area contributed by atoms with Crippen LogP contribution >= 0.6 is 35.4 Å². The number of methoxy groups -OCH3 is 1. The van der Waals surface area contributed by atoms with Gasteiger partial charge in [-0.1, -0.05) is 41.3 Å². The van der Waals surface area contributed by atoms with Crippen molar-refractivity contribution in [3.05, 3.63) is 56.5 Å². The van der Waals surface area contributed by atoms with Crippen LogP contribution in [0.3, 0.4) is 0 Å². The fraction of sp³-hybridized carbons (Fsp3) is 0.235. The Hall–Kier alpha value is -2.09. The van der Waals surface area contributed by atoms with E-state index in [0.29, 0.717) is 32.7 Å². The molecule has 2 aromatic heterocycles. The van der Waals surface area contributed by atoms with E-state index in [0.717, 1.165) is 5.56 Å². The highest BCUT2D eigenvalue weighted by atomic mass is 35.5. The lowest BCUT2D eigenvalue weighted by atomic mass is 10.0. The number of carbonyl (C=O) groups excluding carboxylic acids is 1. The molecule has 0 saturated heterocycles. The maximum Gasteiger partial charge on any atom is 0.357 e. The van der Waals surface area contributed by atoms with Crippen LogP contribution in [-0.2, 0) is 4.74 Å². The van der Waals surface area contributed by atoms with Gasteiger partial charge in [-0.2, -0.15) is 0 Å². The number of imidazole rings is 1. The Kier molecular flexibility index (Phi) is 5.50. The van der Waals surface area contributed by atoms with Gasteiger partial charge in [0.2, 0.25) is 0 Å². The van der Waals surface area contributed by atoms with Crippen molar-refractivity contribution in [1.82, 2.24) is 14.7 Å². The highest BCUT2D eigenvalue weighted by molar-refractivity contribution is 7.71. The van der Waals surface area contributed by atoms with Gasteiger partial charge in [-0.3, -0.25) is 0 Å². The Bertz CT molecular complexity index is 995. The number of nitrogens with one attached hydrogen (secondary N) is 1. The van der Waals surface area contributed by atoms with E-state index in [9.17, 15) is 4.79 Å². The van der Waals surface area contributed by atoms with E-state index in [-0.39, 0.29) is 11.7 Å². The summed E-state index contributed by atoms with van der Waals surface area (Å²) in [6.45, 7) is 1.98. The fourth-order valence-electron chi connectivity index (χ4n) is 2.85. The van der Waals surface area contributed by atoms with Crippen LogP contribution in [0.4, 0.5) is 0 Å². The first kappa shape index (κ1) is 18.7. The van der Waals surface area contributed by atoms with Crippen LogP contribution in [0.1, 0.15) is 35.4 Å². The number of aromatic nitrogens is 3. The molecule has 0 bridgehead atoms. The molecule has 26 heavy (non-hydrogen) atoms. The number of nitrogens with zero attached hydrogens (tertiary/aromatic N) is 2. The topological polar surface area (TPSA) is 73.1 Å². The molecule has 6 nitrogen and oxygen atoms in total. The van der Waals surface area contributed by atoms with Crippen LogP contribution in [-0.4, -0.2) is 27.8 Å². The zero-order valence-electron chi connectivity index (χ0n) is 14.0. The molecule has 0 saturated carbocycles. The third kappa shape index (κ3) is 3.30. The number of ether oxygens (including phenoxy) is 1. The van der Waals surface area contributed by atoms with Gasteiger partial charge in [-0.05, 0) is 36.3 Å². The molecule has 0 spiro atoms. The highest BCUT2D eigenvalue weighted by Crippen LogP contribution is 2.33. The van der Waals surface area contributed by atoms with E-state index in [1.54, 1.807) is 22.8 Å². The van der Waals surface area contributed by atoms with E-state index in [2.05, 4.69) is 10.1 Å². The zero-order chi connectivity index (χ0) is 18.8. The third-order valence-corrected chi connectivity index (χ3v) is 5.06. The molecule has 0 aliphatic heterocycles. The molecule has 9 heteroatoms. The summed E-state index contributed by atoms with van der Waals surface area (Å²) in [6.07, 6.45) is 2.14. The predicted octanol–water partition coefficient (Wildman–Crippen LogP) is 5.29. The van der Waals surface area contributed by atoms with E-state index >= 15 is 0 Å². The maximum absolute atomic E-state index is 12.5. The Morgan fingerprint density at radius 2 is 2.15 bits per heavy atom. The fourth-order valence-corrected chi connectivity index (χ4v) is 3.48. The second-order valence-corrected chi connectivity index (χ2v) is 6.69. The van der Waals surface area contributed by atoms with Crippen molar-refractivity contribution >= 4 is 41.4 Å². The maximum atomic E-state index is 12.5. The first-order chi connectivity index (χ1) is 12.5. The van der Waals surface area contributed by atoms with Crippen molar-refractivity contribution in [2.75, 3.05) is 7.11 Å². The molecular formula is C17H15Cl2N3O3S. The molecule has 0 aliphatic carbocycles. The van der Waals surface area contributed by atoms with Crippen molar-refractivity contribution in [3.8, 4) is 11.5 Å². The smallest absolute Gasteiger partial charge is 0.357 e. The van der Waals surface area contributed by atoms with Crippen LogP contribution in [0.15, 0.2) is 35.0 Å². The van der Waals surface area contributed by atoms with Crippen LogP contribution < -0.4 is 0 Å². The number of hydrogen-bond donors (Lipinski definition) is 1. The SMILES string of the molecule is CC[C@@H](c1ccc(Cl)c(Cl)c1)n1c(C(=O)OC)c(-c2ccno2)[nH]c1=S. The van der Waals surface area contributed by atoms with Crippen LogP contribution in [0.2, 0.25) is 10.0 Å². The van der Waals surface area contributed by atoms with E-state index in [1.165, 1.54) is 13.3 Å². The van der Waals surface area contributed by atoms with E-state index < -0.39 is 5.97 Å². The van der Waals surface area contributed by atoms with Crippen molar-refractivity contribution in [2.24, 2.45) is 0 Å². The highest BCUT2D eigenvalue weighted by Gasteiger charge is 2.28. The van der Waals surface area contributed by atoms with Gasteiger partial charge in [-0.15, -0.1) is 0 Å². The summed E-state index contributed by atoms with van der Waals surface area (Å²) in [6, 6.07) is 6.72. The Balaban J connectivity index is 2.23. The molecular weight excluding hydrogens is 397 g/mol. The minimum absolute atomic E-state index is 0.251. The molecule has 0 unspecified atom stereocenters. The van der Waals surface area contributed by atoms with Crippen molar-refractivity contribution in [1.29, 1.82) is 0 Å². The number of H-pyrrole nitrogens is 1. The molecule has 0 amide bonds. The van der Waals surface area contributed by atoms with Gasteiger partial charge in [0.1, 0.15) is 5.69 Å². The monoisotopic (exact) mass is 411 g/mol. The summed E-state index contributed by atoms with van der Waals surface area (Å²) >= 11 is 17.7. The van der Waals surface area contributed by atoms with Gasteiger partial charge >= 0.3 is 5.97 Å². The van der Waals surface area contributed by atoms with E-state index in [1.807, 2.05) is 13.0 Å². The molecule has 1 atom stereocenters. The number of esters is 1. The minimum Gasteiger partial charge on any atom is -0.464 e. The summed E-state index contributed by atoms with van der Waals surface area (Å²) in [5.74, 6) is -0.151. The average Bonchev–Trinajstić information content (AvgIpc) is 3.26. The molecule has 0 fully saturated rings. The quantitative estimate of drug-likeness (QED) is 0.455. The number of benzene rings is 1. The number of aromatic amines is 1. The number of carbonyl (C=O) groups is 1. The van der Waals surface area contributed by atoms with Gasteiger partial charge in [0.05, 0.1) is 29.4 Å². The molecule has 1 N–H and O–H groups in total. The molecule has 136 valence electrons. The van der Waals surface area contributed by atoms with Crippen molar-refractivity contribution in [3.63, 3.8) is 0 Å². The normalized spacial score (nSPS) is 12.2. The second-order valence-electron chi connectivity index (χ2n) is 5.49. The van der Waals surface area contributed by atoms with Gasteiger partial charge in [0, 0.05) is 6.07 Å². The third-order valence-electron chi connectivity index (χ3n) is 4.02. The molecule has 3 aromatic rings. The lowest BCUT2D eigenvalue weighted by molar-refractivity contribution is 0.0587. The molecule has 0 radical (unpaired) electrons. The molecule has 3 rings (SSSR count).